The van der Waals surface area contributed by atoms with Crippen molar-refractivity contribution in [2.75, 3.05) is 11.9 Å². The summed E-state index contributed by atoms with van der Waals surface area (Å²) >= 11 is 0. The summed E-state index contributed by atoms with van der Waals surface area (Å²) in [6.45, 7) is 2.20. The van der Waals surface area contributed by atoms with Gasteiger partial charge in [0.1, 0.15) is 0 Å². The van der Waals surface area contributed by atoms with Crippen LogP contribution in [-0.2, 0) is 4.79 Å². The van der Waals surface area contributed by atoms with Crippen molar-refractivity contribution in [2.24, 2.45) is 5.73 Å². The Morgan fingerprint density at radius 1 is 1.60 bits per heavy atom. The van der Waals surface area contributed by atoms with Crippen molar-refractivity contribution < 1.29 is 4.79 Å². The van der Waals surface area contributed by atoms with Crippen molar-refractivity contribution in [3.8, 4) is 6.07 Å². The monoisotopic (exact) mass is 203 g/mol. The fourth-order valence-electron chi connectivity index (χ4n) is 1.17. The van der Waals surface area contributed by atoms with Gasteiger partial charge < -0.3 is 11.1 Å². The van der Waals surface area contributed by atoms with Crippen molar-refractivity contribution >= 4 is 11.6 Å². The Morgan fingerprint density at radius 2 is 2.33 bits per heavy atom. The van der Waals surface area contributed by atoms with Crippen LogP contribution in [0.3, 0.4) is 0 Å². The molecule has 0 aliphatic heterocycles. The number of benzene rings is 1. The first-order valence-electron chi connectivity index (χ1n) is 4.68. The summed E-state index contributed by atoms with van der Waals surface area (Å²) in [6, 6.07) is 7.20. The molecule has 0 saturated heterocycles. The Hall–Kier alpha value is -1.86. The molecule has 1 aromatic carbocycles. The molecular weight excluding hydrogens is 190 g/mol. The van der Waals surface area contributed by atoms with Crippen LogP contribution in [0.5, 0.6) is 0 Å². The smallest absolute Gasteiger partial charge is 0.225 e. The summed E-state index contributed by atoms with van der Waals surface area (Å²) in [6.07, 6.45) is 0.288. The van der Waals surface area contributed by atoms with Crippen molar-refractivity contribution in [1.82, 2.24) is 0 Å². The van der Waals surface area contributed by atoms with Gasteiger partial charge in [0.05, 0.1) is 11.6 Å². The Balaban J connectivity index is 2.85. The number of nitrogens with one attached hydrogen (secondary N) is 1. The molecule has 0 bridgehead atoms. The van der Waals surface area contributed by atoms with Crippen molar-refractivity contribution in [3.63, 3.8) is 0 Å². The normalized spacial score (nSPS) is 9.40. The van der Waals surface area contributed by atoms with Crippen molar-refractivity contribution in [1.29, 1.82) is 5.26 Å². The Labute approximate surface area is 88.7 Å². The van der Waals surface area contributed by atoms with E-state index in [4.69, 9.17) is 11.0 Å². The van der Waals surface area contributed by atoms with Gasteiger partial charge in [-0.3, -0.25) is 4.79 Å². The highest BCUT2D eigenvalue weighted by atomic mass is 16.1. The molecule has 4 nitrogen and oxygen atoms in total. The number of nitrogens with zero attached hydrogens (tertiary/aromatic N) is 1. The van der Waals surface area contributed by atoms with Crippen LogP contribution in [-0.4, -0.2) is 12.5 Å². The van der Waals surface area contributed by atoms with E-state index in [-0.39, 0.29) is 12.3 Å². The third-order valence-corrected chi connectivity index (χ3v) is 2.01. The molecule has 0 aliphatic carbocycles. The average molecular weight is 203 g/mol. The highest BCUT2D eigenvalue weighted by molar-refractivity contribution is 5.91. The number of nitrogens with two attached hydrogens (primary N) is 1. The predicted molar refractivity (Wildman–Crippen MR) is 58.2 cm³/mol. The van der Waals surface area contributed by atoms with Crippen LogP contribution >= 0.6 is 0 Å². The number of hydrogen-bond acceptors (Lipinski definition) is 3. The van der Waals surface area contributed by atoms with E-state index in [0.717, 1.165) is 5.56 Å². The zero-order chi connectivity index (χ0) is 11.3. The highest BCUT2D eigenvalue weighted by Gasteiger charge is 2.04. The quantitative estimate of drug-likeness (QED) is 0.773. The van der Waals surface area contributed by atoms with Gasteiger partial charge in [-0.15, -0.1) is 0 Å². The molecule has 1 rings (SSSR count). The van der Waals surface area contributed by atoms with Gasteiger partial charge in [0.25, 0.3) is 0 Å². The van der Waals surface area contributed by atoms with Gasteiger partial charge in [0, 0.05) is 18.7 Å². The average Bonchev–Trinajstić information content (AvgIpc) is 2.21. The number of carbonyl (C=O) groups excluding carboxylic acids is 1. The van der Waals surface area contributed by atoms with Gasteiger partial charge in [0.2, 0.25) is 5.91 Å². The lowest BCUT2D eigenvalue weighted by Crippen LogP contribution is -2.16. The van der Waals surface area contributed by atoms with Crippen molar-refractivity contribution in [2.45, 2.75) is 13.3 Å². The van der Waals surface area contributed by atoms with Crippen molar-refractivity contribution in [3.05, 3.63) is 29.3 Å². The summed E-state index contributed by atoms with van der Waals surface area (Å²) < 4.78 is 0. The van der Waals surface area contributed by atoms with E-state index in [0.29, 0.717) is 17.8 Å². The van der Waals surface area contributed by atoms with Gasteiger partial charge in [-0.2, -0.15) is 5.26 Å². The molecule has 0 spiro atoms. The molecule has 1 aromatic rings. The maximum absolute atomic E-state index is 11.3. The van der Waals surface area contributed by atoms with Crippen LogP contribution in [0.15, 0.2) is 18.2 Å². The van der Waals surface area contributed by atoms with E-state index < -0.39 is 0 Å². The van der Waals surface area contributed by atoms with E-state index in [9.17, 15) is 4.79 Å². The van der Waals surface area contributed by atoms with E-state index in [1.54, 1.807) is 18.2 Å². The number of rotatable bonds is 3. The second kappa shape index (κ2) is 5.13. The van der Waals surface area contributed by atoms with E-state index in [1.165, 1.54) is 0 Å². The molecule has 0 aromatic heterocycles. The van der Waals surface area contributed by atoms with Crippen LogP contribution in [0.1, 0.15) is 17.5 Å². The highest BCUT2D eigenvalue weighted by Crippen LogP contribution is 2.16. The fraction of sp³-hybridized carbons (Fsp3) is 0.273. The molecule has 3 N–H and O–H groups in total. The zero-order valence-electron chi connectivity index (χ0n) is 8.58. The molecule has 0 unspecified atom stereocenters. The second-order valence-corrected chi connectivity index (χ2v) is 3.23. The van der Waals surface area contributed by atoms with E-state index in [2.05, 4.69) is 5.32 Å². The third kappa shape index (κ3) is 3.08. The molecule has 0 fully saturated rings. The summed E-state index contributed by atoms with van der Waals surface area (Å²) in [4.78, 5) is 11.3. The minimum atomic E-state index is -0.129. The van der Waals surface area contributed by atoms with Crippen LogP contribution in [0.25, 0.3) is 0 Å². The second-order valence-electron chi connectivity index (χ2n) is 3.23. The first kappa shape index (κ1) is 11.2. The van der Waals surface area contributed by atoms with Crippen LogP contribution < -0.4 is 11.1 Å². The molecule has 0 atom stereocenters. The summed E-state index contributed by atoms with van der Waals surface area (Å²) in [5, 5.41) is 11.4. The number of nitriles is 1. The fourth-order valence-corrected chi connectivity index (χ4v) is 1.17. The lowest BCUT2D eigenvalue weighted by Gasteiger charge is -2.07. The SMILES string of the molecule is Cc1ccc(C#N)cc1NC(=O)CCN. The van der Waals surface area contributed by atoms with Gasteiger partial charge in [-0.05, 0) is 24.6 Å². The minimum absolute atomic E-state index is 0.129. The molecule has 78 valence electrons. The maximum atomic E-state index is 11.3. The minimum Gasteiger partial charge on any atom is -0.330 e. The summed E-state index contributed by atoms with van der Waals surface area (Å²) in [5.41, 5.74) is 7.40. The van der Waals surface area contributed by atoms with Gasteiger partial charge in [0.15, 0.2) is 0 Å². The number of aryl methyl sites for hydroxylation is 1. The van der Waals surface area contributed by atoms with Crippen LogP contribution in [0.4, 0.5) is 5.69 Å². The van der Waals surface area contributed by atoms with Gasteiger partial charge in [-0.1, -0.05) is 6.07 Å². The van der Waals surface area contributed by atoms with Gasteiger partial charge in [-0.25, -0.2) is 0 Å². The summed E-state index contributed by atoms with van der Waals surface area (Å²) in [7, 11) is 0. The first-order chi connectivity index (χ1) is 7.17. The number of amides is 1. The molecule has 4 heteroatoms. The topological polar surface area (TPSA) is 78.9 Å². The first-order valence-corrected chi connectivity index (χ1v) is 4.68. The van der Waals surface area contributed by atoms with E-state index in [1.807, 2.05) is 13.0 Å². The molecular formula is C11H13N3O. The third-order valence-electron chi connectivity index (χ3n) is 2.01. The summed E-state index contributed by atoms with van der Waals surface area (Å²) in [5.74, 6) is -0.129. The maximum Gasteiger partial charge on any atom is 0.225 e. The Morgan fingerprint density at radius 3 is 2.93 bits per heavy atom. The predicted octanol–water partition coefficient (Wildman–Crippen LogP) is 1.15. The number of anilines is 1. The number of hydrogen-bond donors (Lipinski definition) is 2. The molecule has 0 aliphatic rings. The lowest BCUT2D eigenvalue weighted by molar-refractivity contribution is -0.116. The number of carbonyl (C=O) groups is 1. The molecule has 0 heterocycles. The van der Waals surface area contributed by atoms with Crippen LogP contribution in [0.2, 0.25) is 0 Å². The molecule has 0 saturated carbocycles. The standard InChI is InChI=1S/C11H13N3O/c1-8-2-3-9(7-13)6-10(8)14-11(15)4-5-12/h2-3,6H,4-5,12H2,1H3,(H,14,15). The zero-order valence-corrected chi connectivity index (χ0v) is 8.58. The molecule has 0 radical (unpaired) electrons. The van der Waals surface area contributed by atoms with E-state index >= 15 is 0 Å². The van der Waals surface area contributed by atoms with Crippen LogP contribution in [0, 0.1) is 18.3 Å². The molecule has 15 heavy (non-hydrogen) atoms. The Bertz CT molecular complexity index is 407. The largest absolute Gasteiger partial charge is 0.330 e. The Kier molecular flexibility index (Phi) is 3.83. The van der Waals surface area contributed by atoms with Gasteiger partial charge >= 0.3 is 0 Å². The molecule has 1 amide bonds. The lowest BCUT2D eigenvalue weighted by atomic mass is 10.1.